The van der Waals surface area contributed by atoms with Crippen LogP contribution in [0.3, 0.4) is 0 Å². The highest BCUT2D eigenvalue weighted by Crippen LogP contribution is 2.35. The number of thiol groups is 1. The van der Waals surface area contributed by atoms with E-state index < -0.39 is 0 Å². The molecule has 18 heavy (non-hydrogen) atoms. The van der Waals surface area contributed by atoms with Gasteiger partial charge >= 0.3 is 0 Å². The van der Waals surface area contributed by atoms with E-state index in [9.17, 15) is 0 Å². The molecule has 0 saturated carbocycles. The van der Waals surface area contributed by atoms with Gasteiger partial charge in [0.15, 0.2) is 0 Å². The molecule has 3 aromatic carbocycles. The third-order valence-electron chi connectivity index (χ3n) is 3.16. The van der Waals surface area contributed by atoms with Gasteiger partial charge < -0.3 is 5.73 Å². The highest BCUT2D eigenvalue weighted by Gasteiger charge is 2.08. The van der Waals surface area contributed by atoms with E-state index in [-0.39, 0.29) is 0 Å². The molecule has 0 aliphatic heterocycles. The van der Waals surface area contributed by atoms with Crippen molar-refractivity contribution in [2.24, 2.45) is 0 Å². The molecular formula is C16H13NS. The van der Waals surface area contributed by atoms with Gasteiger partial charge in [-0.2, -0.15) is 0 Å². The van der Waals surface area contributed by atoms with Crippen LogP contribution in [-0.2, 0) is 0 Å². The molecule has 88 valence electrons. The van der Waals surface area contributed by atoms with Crippen molar-refractivity contribution in [2.45, 2.75) is 4.90 Å². The van der Waals surface area contributed by atoms with Gasteiger partial charge in [-0.25, -0.2) is 0 Å². The van der Waals surface area contributed by atoms with Crippen LogP contribution < -0.4 is 5.73 Å². The van der Waals surface area contributed by atoms with Crippen molar-refractivity contribution in [3.8, 4) is 11.1 Å². The maximum absolute atomic E-state index is 6.29. The van der Waals surface area contributed by atoms with E-state index in [2.05, 4.69) is 36.9 Å². The smallest absolute Gasteiger partial charge is 0.0473 e. The predicted molar refractivity (Wildman–Crippen MR) is 81.0 cm³/mol. The molecular weight excluding hydrogens is 238 g/mol. The Morgan fingerprint density at radius 1 is 0.722 bits per heavy atom. The molecule has 3 aromatic rings. The normalized spacial score (nSPS) is 10.7. The SMILES string of the molecule is Nc1c(-c2ccccc2S)ccc2ccccc12. The van der Waals surface area contributed by atoms with Crippen molar-refractivity contribution in [1.29, 1.82) is 0 Å². The predicted octanol–water partition coefficient (Wildman–Crippen LogP) is 4.38. The van der Waals surface area contributed by atoms with Crippen molar-refractivity contribution >= 4 is 29.1 Å². The van der Waals surface area contributed by atoms with E-state index in [1.807, 2.05) is 36.4 Å². The van der Waals surface area contributed by atoms with Gasteiger partial charge in [0.2, 0.25) is 0 Å². The van der Waals surface area contributed by atoms with Crippen LogP contribution in [0.4, 0.5) is 5.69 Å². The number of nitrogen functional groups attached to an aromatic ring is 1. The number of hydrogen-bond donors (Lipinski definition) is 2. The summed E-state index contributed by atoms with van der Waals surface area (Å²) < 4.78 is 0. The second kappa shape index (κ2) is 4.39. The maximum Gasteiger partial charge on any atom is 0.0473 e. The van der Waals surface area contributed by atoms with Crippen LogP contribution in [0.25, 0.3) is 21.9 Å². The highest BCUT2D eigenvalue weighted by atomic mass is 32.1. The number of benzene rings is 3. The van der Waals surface area contributed by atoms with Crippen molar-refractivity contribution < 1.29 is 0 Å². The minimum absolute atomic E-state index is 0.814. The third kappa shape index (κ3) is 1.75. The van der Waals surface area contributed by atoms with Crippen molar-refractivity contribution in [3.63, 3.8) is 0 Å². The average molecular weight is 251 g/mol. The summed E-state index contributed by atoms with van der Waals surface area (Å²) in [6.45, 7) is 0. The van der Waals surface area contributed by atoms with Crippen LogP contribution in [0.5, 0.6) is 0 Å². The van der Waals surface area contributed by atoms with Crippen LogP contribution in [0.1, 0.15) is 0 Å². The summed E-state index contributed by atoms with van der Waals surface area (Å²) in [6, 6.07) is 20.3. The van der Waals surface area contributed by atoms with Crippen LogP contribution in [0.15, 0.2) is 65.6 Å². The Morgan fingerprint density at radius 2 is 1.44 bits per heavy atom. The molecule has 2 heteroatoms. The van der Waals surface area contributed by atoms with Crippen LogP contribution in [-0.4, -0.2) is 0 Å². The summed E-state index contributed by atoms with van der Waals surface area (Å²) in [4.78, 5) is 0.944. The molecule has 0 spiro atoms. The molecule has 0 unspecified atom stereocenters. The van der Waals surface area contributed by atoms with Gasteiger partial charge in [-0.3, -0.25) is 0 Å². The van der Waals surface area contributed by atoms with E-state index in [0.717, 1.165) is 32.5 Å². The first-order chi connectivity index (χ1) is 8.77. The first-order valence-electron chi connectivity index (χ1n) is 5.83. The Morgan fingerprint density at radius 3 is 2.28 bits per heavy atom. The van der Waals surface area contributed by atoms with Crippen molar-refractivity contribution in [2.75, 3.05) is 5.73 Å². The van der Waals surface area contributed by atoms with E-state index in [1.54, 1.807) is 0 Å². The standard InChI is InChI=1S/C16H13NS/c17-16-12-6-2-1-5-11(12)9-10-14(16)13-7-3-4-8-15(13)18/h1-10,18H,17H2. The zero-order valence-corrected chi connectivity index (χ0v) is 10.7. The van der Waals surface area contributed by atoms with Crippen LogP contribution >= 0.6 is 12.6 Å². The van der Waals surface area contributed by atoms with Gasteiger partial charge in [-0.1, -0.05) is 54.6 Å². The third-order valence-corrected chi connectivity index (χ3v) is 3.55. The number of fused-ring (bicyclic) bond motifs is 1. The van der Waals surface area contributed by atoms with Gasteiger partial charge in [-0.15, -0.1) is 12.6 Å². The number of hydrogen-bond acceptors (Lipinski definition) is 2. The van der Waals surface area contributed by atoms with Gasteiger partial charge in [0.05, 0.1) is 0 Å². The molecule has 0 saturated heterocycles. The molecule has 0 aliphatic carbocycles. The van der Waals surface area contributed by atoms with Crippen molar-refractivity contribution in [3.05, 3.63) is 60.7 Å². The number of nitrogens with two attached hydrogens (primary N) is 1. The lowest BCUT2D eigenvalue weighted by Crippen LogP contribution is -1.92. The van der Waals surface area contributed by atoms with Crippen molar-refractivity contribution in [1.82, 2.24) is 0 Å². The summed E-state index contributed by atoms with van der Waals surface area (Å²) in [5, 5.41) is 2.25. The molecule has 0 radical (unpaired) electrons. The fourth-order valence-corrected chi connectivity index (χ4v) is 2.51. The average Bonchev–Trinajstić information content (AvgIpc) is 2.41. The Kier molecular flexibility index (Phi) is 2.73. The van der Waals surface area contributed by atoms with E-state index in [0.29, 0.717) is 0 Å². The molecule has 0 fully saturated rings. The molecule has 1 nitrogen and oxygen atoms in total. The lowest BCUT2D eigenvalue weighted by molar-refractivity contribution is 1.46. The molecule has 0 aliphatic rings. The largest absolute Gasteiger partial charge is 0.398 e. The number of anilines is 1. The molecule has 2 N–H and O–H groups in total. The number of rotatable bonds is 1. The fraction of sp³-hybridized carbons (Fsp3) is 0. The first-order valence-corrected chi connectivity index (χ1v) is 6.27. The second-order valence-corrected chi connectivity index (χ2v) is 4.75. The zero-order valence-electron chi connectivity index (χ0n) is 9.80. The Balaban J connectivity index is 2.31. The van der Waals surface area contributed by atoms with E-state index in [1.165, 1.54) is 0 Å². The summed E-state index contributed by atoms with van der Waals surface area (Å²) >= 11 is 4.50. The molecule has 0 amide bonds. The molecule has 0 atom stereocenters. The molecule has 0 heterocycles. The topological polar surface area (TPSA) is 26.0 Å². The first kappa shape index (κ1) is 11.2. The minimum atomic E-state index is 0.814. The van der Waals surface area contributed by atoms with Gasteiger partial charge in [0, 0.05) is 21.5 Å². The molecule has 0 aromatic heterocycles. The Hall–Kier alpha value is -1.93. The molecule has 0 bridgehead atoms. The lowest BCUT2D eigenvalue weighted by Gasteiger charge is -2.11. The fourth-order valence-electron chi connectivity index (χ4n) is 2.23. The Bertz CT molecular complexity index is 719. The highest BCUT2D eigenvalue weighted by molar-refractivity contribution is 7.80. The van der Waals surface area contributed by atoms with Gasteiger partial charge in [0.1, 0.15) is 0 Å². The molecule has 3 rings (SSSR count). The summed E-state index contributed by atoms with van der Waals surface area (Å²) in [6.07, 6.45) is 0. The summed E-state index contributed by atoms with van der Waals surface area (Å²) in [7, 11) is 0. The van der Waals surface area contributed by atoms with Crippen LogP contribution in [0, 0.1) is 0 Å². The zero-order chi connectivity index (χ0) is 12.5. The van der Waals surface area contributed by atoms with Gasteiger partial charge in [0.25, 0.3) is 0 Å². The van der Waals surface area contributed by atoms with Crippen LogP contribution in [0.2, 0.25) is 0 Å². The van der Waals surface area contributed by atoms with E-state index >= 15 is 0 Å². The maximum atomic E-state index is 6.29. The van der Waals surface area contributed by atoms with Gasteiger partial charge in [-0.05, 0) is 17.0 Å². The lowest BCUT2D eigenvalue weighted by atomic mass is 9.99. The van der Waals surface area contributed by atoms with E-state index in [4.69, 9.17) is 5.73 Å². The summed E-state index contributed by atoms with van der Waals surface area (Å²) in [5.74, 6) is 0. The minimum Gasteiger partial charge on any atom is -0.398 e. The Labute approximate surface area is 112 Å². The second-order valence-electron chi connectivity index (χ2n) is 4.27. The monoisotopic (exact) mass is 251 g/mol. The quantitative estimate of drug-likeness (QED) is 0.487. The summed E-state index contributed by atoms with van der Waals surface area (Å²) in [5.41, 5.74) is 9.21.